The molecule has 2 amide bonds. The third-order valence-corrected chi connectivity index (χ3v) is 4.23. The average Bonchev–Trinajstić information content (AvgIpc) is 2.73. The Morgan fingerprint density at radius 3 is 2.55 bits per heavy atom. The number of nitrogens with zero attached hydrogens (tertiary/aromatic N) is 1. The van der Waals surface area contributed by atoms with Crippen LogP contribution < -0.4 is 10.1 Å². The molecule has 7 nitrogen and oxygen atoms in total. The molecule has 0 aliphatic carbocycles. The maximum Gasteiger partial charge on any atom is 0.270 e. The first kappa shape index (κ1) is 24.7. The molecule has 0 bridgehead atoms. The normalized spacial score (nSPS) is 10.9. The van der Waals surface area contributed by atoms with E-state index in [0.29, 0.717) is 18.1 Å². The molecule has 0 atom stereocenters. The lowest BCUT2D eigenvalue weighted by atomic mass is 10.2. The molecule has 0 saturated carbocycles. The van der Waals surface area contributed by atoms with E-state index >= 15 is 0 Å². The molecule has 162 valence electrons. The summed E-state index contributed by atoms with van der Waals surface area (Å²) in [4.78, 5) is 23.3. The van der Waals surface area contributed by atoms with Crippen LogP contribution in [0.15, 0.2) is 30.3 Å². The fourth-order valence-electron chi connectivity index (χ4n) is 2.46. The van der Waals surface area contributed by atoms with Crippen LogP contribution in [-0.4, -0.2) is 55.5 Å². The first-order valence-electron chi connectivity index (χ1n) is 10.2. The Balaban J connectivity index is 2.20. The number of rotatable bonds is 15. The third kappa shape index (κ3) is 11.9. The minimum Gasteiger partial charge on any atom is -0.494 e. The summed E-state index contributed by atoms with van der Waals surface area (Å²) in [6, 6.07) is 7.37. The first-order chi connectivity index (χ1) is 14.1. The van der Waals surface area contributed by atoms with Crippen molar-refractivity contribution in [2.75, 3.05) is 33.4 Å². The van der Waals surface area contributed by atoms with Crippen molar-refractivity contribution in [1.82, 2.24) is 10.4 Å². The Hall–Kier alpha value is -2.38. The van der Waals surface area contributed by atoms with Crippen molar-refractivity contribution in [1.29, 1.82) is 0 Å². The van der Waals surface area contributed by atoms with E-state index in [1.807, 2.05) is 24.3 Å². The van der Waals surface area contributed by atoms with Crippen LogP contribution in [0.4, 0.5) is 0 Å². The van der Waals surface area contributed by atoms with Crippen LogP contribution in [0.2, 0.25) is 0 Å². The van der Waals surface area contributed by atoms with Gasteiger partial charge >= 0.3 is 0 Å². The zero-order valence-electron chi connectivity index (χ0n) is 17.6. The number of methoxy groups -OCH3 is 1. The molecule has 1 rings (SSSR count). The van der Waals surface area contributed by atoms with Crippen LogP contribution in [-0.2, 0) is 14.3 Å². The van der Waals surface area contributed by atoms with Gasteiger partial charge in [-0.2, -0.15) is 0 Å². The maximum absolute atomic E-state index is 11.7. The Bertz CT molecular complexity index is 616. The highest BCUT2D eigenvalue weighted by molar-refractivity contribution is 5.90. The zero-order chi connectivity index (χ0) is 21.3. The van der Waals surface area contributed by atoms with Crippen LogP contribution in [0.5, 0.6) is 5.75 Å². The SMILES string of the molecule is CCCCNC(=O)CCCCCOc1ccc(C=CC(=O)N(O)CCOC)cc1. The van der Waals surface area contributed by atoms with E-state index < -0.39 is 5.91 Å². The molecule has 0 saturated heterocycles. The van der Waals surface area contributed by atoms with E-state index in [1.54, 1.807) is 6.08 Å². The topological polar surface area (TPSA) is 88.1 Å². The van der Waals surface area contributed by atoms with Crippen LogP contribution in [0, 0.1) is 0 Å². The first-order valence-corrected chi connectivity index (χ1v) is 10.2. The van der Waals surface area contributed by atoms with E-state index in [1.165, 1.54) is 13.2 Å². The standard InChI is InChI=1S/C22H34N2O5/c1-3-4-15-23-21(25)8-6-5-7-17-29-20-12-9-19(10-13-20)11-14-22(26)24(27)16-18-28-2/h9-14,27H,3-8,15-18H2,1-2H3,(H,23,25). The lowest BCUT2D eigenvalue weighted by Gasteiger charge is -2.11. The molecule has 0 aliphatic rings. The summed E-state index contributed by atoms with van der Waals surface area (Å²) >= 11 is 0. The molecular formula is C22H34N2O5. The van der Waals surface area contributed by atoms with E-state index in [-0.39, 0.29) is 19.1 Å². The Labute approximate surface area is 173 Å². The van der Waals surface area contributed by atoms with Crippen molar-refractivity contribution in [3.63, 3.8) is 0 Å². The lowest BCUT2D eigenvalue weighted by molar-refractivity contribution is -0.161. The molecule has 0 aliphatic heterocycles. The minimum absolute atomic E-state index is 0.121. The van der Waals surface area contributed by atoms with Gasteiger partial charge < -0.3 is 14.8 Å². The van der Waals surface area contributed by atoms with E-state index in [9.17, 15) is 14.8 Å². The van der Waals surface area contributed by atoms with Crippen molar-refractivity contribution in [2.24, 2.45) is 0 Å². The van der Waals surface area contributed by atoms with E-state index in [4.69, 9.17) is 9.47 Å². The Kier molecular flexibility index (Phi) is 13.2. The smallest absolute Gasteiger partial charge is 0.270 e. The van der Waals surface area contributed by atoms with Gasteiger partial charge in [0.15, 0.2) is 0 Å². The number of unbranched alkanes of at least 4 members (excludes halogenated alkanes) is 3. The molecule has 0 heterocycles. The predicted molar refractivity (Wildman–Crippen MR) is 113 cm³/mol. The number of carbonyl (C=O) groups is 2. The van der Waals surface area contributed by atoms with Crippen molar-refractivity contribution in [3.8, 4) is 5.75 Å². The summed E-state index contributed by atoms with van der Waals surface area (Å²) in [6.45, 7) is 3.87. The number of hydrogen-bond acceptors (Lipinski definition) is 5. The van der Waals surface area contributed by atoms with Gasteiger partial charge in [-0.05, 0) is 49.5 Å². The second-order valence-electron chi connectivity index (χ2n) is 6.72. The van der Waals surface area contributed by atoms with Crippen molar-refractivity contribution in [2.45, 2.75) is 45.4 Å². The monoisotopic (exact) mass is 406 g/mol. The molecule has 0 spiro atoms. The Morgan fingerprint density at radius 1 is 1.10 bits per heavy atom. The largest absolute Gasteiger partial charge is 0.494 e. The van der Waals surface area contributed by atoms with Crippen molar-refractivity contribution >= 4 is 17.9 Å². The van der Waals surface area contributed by atoms with Gasteiger partial charge in [0.1, 0.15) is 5.75 Å². The summed E-state index contributed by atoms with van der Waals surface area (Å²) in [5, 5.41) is 13.1. The second kappa shape index (κ2) is 15.5. The van der Waals surface area contributed by atoms with Gasteiger partial charge in [-0.15, -0.1) is 0 Å². The van der Waals surface area contributed by atoms with Crippen molar-refractivity contribution < 1.29 is 24.3 Å². The summed E-state index contributed by atoms with van der Waals surface area (Å²) in [7, 11) is 1.51. The van der Waals surface area contributed by atoms with Gasteiger partial charge in [-0.25, -0.2) is 5.06 Å². The molecule has 1 aromatic carbocycles. The lowest BCUT2D eigenvalue weighted by Crippen LogP contribution is -2.28. The average molecular weight is 407 g/mol. The maximum atomic E-state index is 11.7. The molecule has 0 fully saturated rings. The fourth-order valence-corrected chi connectivity index (χ4v) is 2.46. The van der Waals surface area contributed by atoms with Crippen LogP contribution in [0.1, 0.15) is 51.0 Å². The molecular weight excluding hydrogens is 372 g/mol. The highest BCUT2D eigenvalue weighted by atomic mass is 16.5. The molecule has 2 N–H and O–H groups in total. The van der Waals surface area contributed by atoms with Crippen LogP contribution >= 0.6 is 0 Å². The van der Waals surface area contributed by atoms with Gasteiger partial charge in [0.2, 0.25) is 5.91 Å². The van der Waals surface area contributed by atoms with E-state index in [0.717, 1.165) is 50.0 Å². The van der Waals surface area contributed by atoms with Crippen molar-refractivity contribution in [3.05, 3.63) is 35.9 Å². The molecule has 29 heavy (non-hydrogen) atoms. The molecule has 7 heteroatoms. The highest BCUT2D eigenvalue weighted by Crippen LogP contribution is 2.14. The molecule has 0 unspecified atom stereocenters. The van der Waals surface area contributed by atoms with Crippen LogP contribution in [0.25, 0.3) is 6.08 Å². The van der Waals surface area contributed by atoms with Gasteiger partial charge in [-0.1, -0.05) is 25.5 Å². The second-order valence-corrected chi connectivity index (χ2v) is 6.72. The predicted octanol–water partition coefficient (Wildman–Crippen LogP) is 3.42. The quantitative estimate of drug-likeness (QED) is 0.202. The van der Waals surface area contributed by atoms with Gasteiger partial charge in [0, 0.05) is 26.2 Å². The number of hydroxylamine groups is 2. The molecule has 0 aromatic heterocycles. The van der Waals surface area contributed by atoms with Gasteiger partial charge in [0.05, 0.1) is 19.8 Å². The third-order valence-electron chi connectivity index (χ3n) is 4.23. The van der Waals surface area contributed by atoms with Crippen LogP contribution in [0.3, 0.4) is 0 Å². The van der Waals surface area contributed by atoms with E-state index in [2.05, 4.69) is 12.2 Å². The van der Waals surface area contributed by atoms with Gasteiger partial charge in [0.25, 0.3) is 5.91 Å². The molecule has 1 aromatic rings. The summed E-state index contributed by atoms with van der Waals surface area (Å²) in [6.07, 6.45) is 8.34. The summed E-state index contributed by atoms with van der Waals surface area (Å²) in [5.74, 6) is 0.389. The number of carbonyl (C=O) groups excluding carboxylic acids is 2. The fraction of sp³-hybridized carbons (Fsp3) is 0.545. The summed E-state index contributed by atoms with van der Waals surface area (Å²) in [5.41, 5.74) is 0.833. The number of benzene rings is 1. The highest BCUT2D eigenvalue weighted by Gasteiger charge is 2.06. The Morgan fingerprint density at radius 2 is 1.86 bits per heavy atom. The number of amides is 2. The number of nitrogens with one attached hydrogen (secondary N) is 1. The summed E-state index contributed by atoms with van der Waals surface area (Å²) < 4.78 is 10.5. The van der Waals surface area contributed by atoms with Gasteiger partial charge in [-0.3, -0.25) is 14.8 Å². The molecule has 0 radical (unpaired) electrons. The number of hydrogen-bond donors (Lipinski definition) is 2. The zero-order valence-corrected chi connectivity index (χ0v) is 17.6. The number of ether oxygens (including phenoxy) is 2. The minimum atomic E-state index is -0.499.